The predicted molar refractivity (Wildman–Crippen MR) is 158 cm³/mol. The number of hydrogen-bond donors (Lipinski definition) is 6. The van der Waals surface area contributed by atoms with E-state index in [9.17, 15) is 30.3 Å². The van der Waals surface area contributed by atoms with Crippen molar-refractivity contribution in [1.29, 1.82) is 0 Å². The van der Waals surface area contributed by atoms with Crippen LogP contribution in [0, 0.1) is 0 Å². The summed E-state index contributed by atoms with van der Waals surface area (Å²) in [4.78, 5) is 23.6. The quantitative estimate of drug-likeness (QED) is 0.128. The largest absolute Gasteiger partial charge is 0.479 e. The van der Waals surface area contributed by atoms with E-state index in [-0.39, 0.29) is 12.6 Å². The van der Waals surface area contributed by atoms with Crippen LogP contribution in [0.1, 0.15) is 33.1 Å². The van der Waals surface area contributed by atoms with Crippen molar-refractivity contribution in [3.63, 3.8) is 0 Å². The van der Waals surface area contributed by atoms with Crippen LogP contribution in [0.3, 0.4) is 0 Å². The number of anilines is 1. The molecule has 5 atom stereocenters. The van der Waals surface area contributed by atoms with Crippen LogP contribution in [0.5, 0.6) is 0 Å². The summed E-state index contributed by atoms with van der Waals surface area (Å²) in [7, 11) is 0. The molecule has 0 fully saturated rings. The summed E-state index contributed by atoms with van der Waals surface area (Å²) in [6, 6.07) is 19.9. The molecule has 0 aliphatic carbocycles. The van der Waals surface area contributed by atoms with Crippen molar-refractivity contribution in [2.75, 3.05) is 24.7 Å². The first kappa shape index (κ1) is 33.1. The van der Waals surface area contributed by atoms with Gasteiger partial charge in [0, 0.05) is 36.7 Å². The summed E-state index contributed by atoms with van der Waals surface area (Å²) in [6.07, 6.45) is -6.06. The molecule has 2 aromatic carbocycles. The lowest BCUT2D eigenvalue weighted by Gasteiger charge is -2.29. The Bertz CT molecular complexity index is 1230. The molecule has 0 spiro atoms. The number of benzene rings is 2. The number of hydrogen-bond acceptors (Lipinski definition) is 10. The highest BCUT2D eigenvalue weighted by Gasteiger charge is 2.33. The standard InChI is InChI=1S/C31H41N3O8/c1-20(2)34(15-9-10-16-42-25(31(40)41)17-23(36)29(38)30(39)24(37)19-35)26-18-32-27(21-11-5-3-6-12-21)28(33-26)22-13-7-4-8-14-22/h3-8,11-14,18,20,23-25,29-30,35-39H,9-10,15-17,19H2,1-2H3,(H,40,41). The number of unbranched alkanes of at least 4 members (excludes halogenated alkanes) is 1. The van der Waals surface area contributed by atoms with E-state index in [1.54, 1.807) is 6.20 Å². The Morgan fingerprint density at radius 3 is 1.98 bits per heavy atom. The van der Waals surface area contributed by atoms with Gasteiger partial charge in [0.15, 0.2) is 6.10 Å². The highest BCUT2D eigenvalue weighted by Crippen LogP contribution is 2.31. The van der Waals surface area contributed by atoms with E-state index in [1.807, 2.05) is 60.7 Å². The SMILES string of the molecule is CC(C)N(CCCCOC(CC(O)C(O)C(O)C(O)CO)C(=O)O)c1cnc(-c2ccccc2)c(-c2ccccc2)n1. The number of aromatic nitrogens is 2. The van der Waals surface area contributed by atoms with Crippen molar-refractivity contribution in [2.24, 2.45) is 0 Å². The molecule has 11 heteroatoms. The van der Waals surface area contributed by atoms with Crippen LogP contribution in [0.2, 0.25) is 0 Å². The predicted octanol–water partition coefficient (Wildman–Crippen LogP) is 2.10. The lowest BCUT2D eigenvalue weighted by atomic mass is 9.99. The zero-order chi connectivity index (χ0) is 30.6. The molecule has 0 aliphatic heterocycles. The van der Waals surface area contributed by atoms with Gasteiger partial charge < -0.3 is 40.3 Å². The van der Waals surface area contributed by atoms with Crippen molar-refractivity contribution in [1.82, 2.24) is 9.97 Å². The fourth-order valence-electron chi connectivity index (χ4n) is 4.53. The van der Waals surface area contributed by atoms with Crippen LogP contribution in [0.4, 0.5) is 5.82 Å². The fourth-order valence-corrected chi connectivity index (χ4v) is 4.53. The Kier molecular flexibility index (Phi) is 12.8. The van der Waals surface area contributed by atoms with Crippen molar-refractivity contribution < 1.29 is 40.2 Å². The fraction of sp³-hybridized carbons (Fsp3) is 0.452. The Labute approximate surface area is 245 Å². The van der Waals surface area contributed by atoms with Crippen LogP contribution in [0.25, 0.3) is 22.5 Å². The number of rotatable bonds is 17. The monoisotopic (exact) mass is 583 g/mol. The summed E-state index contributed by atoms with van der Waals surface area (Å²) in [5.41, 5.74) is 3.48. The lowest BCUT2D eigenvalue weighted by Crippen LogP contribution is -2.47. The normalized spacial score (nSPS) is 15.1. The maximum absolute atomic E-state index is 11.6. The van der Waals surface area contributed by atoms with Gasteiger partial charge >= 0.3 is 5.97 Å². The molecular weight excluding hydrogens is 542 g/mol. The molecular formula is C31H41N3O8. The Balaban J connectivity index is 1.64. The Morgan fingerprint density at radius 1 is 0.857 bits per heavy atom. The van der Waals surface area contributed by atoms with Gasteiger partial charge in [0.25, 0.3) is 0 Å². The number of carboxylic acid groups (broad SMARTS) is 1. The second-order valence-electron chi connectivity index (χ2n) is 10.4. The van der Waals surface area contributed by atoms with Gasteiger partial charge in [0.2, 0.25) is 0 Å². The minimum absolute atomic E-state index is 0.0847. The molecule has 0 saturated heterocycles. The van der Waals surface area contributed by atoms with Crippen molar-refractivity contribution in [2.45, 2.75) is 69.7 Å². The number of nitrogens with zero attached hydrogens (tertiary/aromatic N) is 3. The van der Waals surface area contributed by atoms with E-state index in [1.165, 1.54) is 0 Å². The van der Waals surface area contributed by atoms with Crippen molar-refractivity contribution in [3.8, 4) is 22.5 Å². The van der Waals surface area contributed by atoms with Crippen molar-refractivity contribution >= 4 is 11.8 Å². The third-order valence-corrected chi connectivity index (χ3v) is 6.94. The number of carboxylic acids is 1. The summed E-state index contributed by atoms with van der Waals surface area (Å²) in [5, 5.41) is 57.8. The minimum Gasteiger partial charge on any atom is -0.479 e. The van der Waals surface area contributed by atoms with E-state index in [4.69, 9.17) is 19.8 Å². The number of aliphatic carboxylic acids is 1. The molecule has 42 heavy (non-hydrogen) atoms. The Hall–Kier alpha value is -3.45. The minimum atomic E-state index is -1.85. The number of aliphatic hydroxyl groups is 5. The maximum atomic E-state index is 11.6. The van der Waals surface area contributed by atoms with Gasteiger partial charge in [-0.25, -0.2) is 9.78 Å². The summed E-state index contributed by atoms with van der Waals surface area (Å²) in [6.45, 7) is 3.98. The van der Waals surface area contributed by atoms with Crippen molar-refractivity contribution in [3.05, 3.63) is 66.9 Å². The molecule has 11 nitrogen and oxygen atoms in total. The average molecular weight is 584 g/mol. The van der Waals surface area contributed by atoms with Gasteiger partial charge in [-0.15, -0.1) is 0 Å². The third kappa shape index (κ3) is 9.02. The zero-order valence-electron chi connectivity index (χ0n) is 23.9. The molecule has 0 amide bonds. The average Bonchev–Trinajstić information content (AvgIpc) is 3.01. The first-order chi connectivity index (χ1) is 20.1. The molecule has 1 aromatic heterocycles. The van der Waals surface area contributed by atoms with Gasteiger partial charge in [0.05, 0.1) is 30.3 Å². The zero-order valence-corrected chi connectivity index (χ0v) is 23.9. The van der Waals surface area contributed by atoms with E-state index in [0.717, 1.165) is 22.5 Å². The molecule has 3 aromatic rings. The van der Waals surface area contributed by atoms with Gasteiger partial charge in [-0.2, -0.15) is 0 Å². The second-order valence-corrected chi connectivity index (χ2v) is 10.4. The first-order valence-electron chi connectivity index (χ1n) is 14.1. The van der Waals surface area contributed by atoms with Gasteiger partial charge in [-0.05, 0) is 26.7 Å². The van der Waals surface area contributed by atoms with Crippen LogP contribution in [-0.2, 0) is 9.53 Å². The molecule has 0 radical (unpaired) electrons. The first-order valence-corrected chi connectivity index (χ1v) is 14.1. The Morgan fingerprint density at radius 2 is 1.43 bits per heavy atom. The molecule has 1 heterocycles. The summed E-state index contributed by atoms with van der Waals surface area (Å²) >= 11 is 0. The van der Waals surface area contributed by atoms with Gasteiger partial charge in [-0.3, -0.25) is 4.98 Å². The van der Waals surface area contributed by atoms with Crippen LogP contribution in [0.15, 0.2) is 66.9 Å². The molecule has 228 valence electrons. The smallest absolute Gasteiger partial charge is 0.332 e. The number of ether oxygens (including phenoxy) is 1. The highest BCUT2D eigenvalue weighted by atomic mass is 16.5. The molecule has 5 unspecified atom stereocenters. The molecule has 0 saturated carbocycles. The van der Waals surface area contributed by atoms with Crippen LogP contribution in [-0.4, -0.2) is 103 Å². The van der Waals surface area contributed by atoms with Gasteiger partial charge in [0.1, 0.15) is 24.1 Å². The third-order valence-electron chi connectivity index (χ3n) is 6.94. The number of aliphatic hydroxyl groups excluding tert-OH is 5. The maximum Gasteiger partial charge on any atom is 0.332 e. The summed E-state index contributed by atoms with van der Waals surface area (Å²) in [5.74, 6) is -0.613. The van der Waals surface area contributed by atoms with Crippen LogP contribution < -0.4 is 4.90 Å². The van der Waals surface area contributed by atoms with E-state index in [0.29, 0.717) is 25.2 Å². The topological polar surface area (TPSA) is 177 Å². The molecule has 3 rings (SSSR count). The highest BCUT2D eigenvalue weighted by molar-refractivity contribution is 5.78. The van der Waals surface area contributed by atoms with Crippen LogP contribution >= 0.6 is 0 Å². The summed E-state index contributed by atoms with van der Waals surface area (Å²) < 4.78 is 5.47. The van der Waals surface area contributed by atoms with E-state index in [2.05, 4.69) is 18.7 Å². The van der Waals surface area contributed by atoms with E-state index >= 15 is 0 Å². The lowest BCUT2D eigenvalue weighted by molar-refractivity contribution is -0.157. The van der Waals surface area contributed by atoms with Gasteiger partial charge in [-0.1, -0.05) is 60.7 Å². The second kappa shape index (κ2) is 16.3. The molecule has 0 bridgehead atoms. The van der Waals surface area contributed by atoms with E-state index < -0.39 is 49.5 Å². The number of carbonyl (C=O) groups is 1. The molecule has 6 N–H and O–H groups in total. The molecule has 0 aliphatic rings.